The molecule has 1 fully saturated rings. The van der Waals surface area contributed by atoms with Crippen molar-refractivity contribution in [2.75, 3.05) is 0 Å². The van der Waals surface area contributed by atoms with Crippen LogP contribution in [-0.2, 0) is 13.9 Å². The minimum absolute atomic E-state index is 0.0507. The van der Waals surface area contributed by atoms with Crippen LogP contribution in [0, 0.1) is 5.41 Å². The van der Waals surface area contributed by atoms with E-state index in [0.29, 0.717) is 0 Å². The normalized spacial score (nSPS) is 30.2. The highest BCUT2D eigenvalue weighted by Crippen LogP contribution is 2.68. The van der Waals surface area contributed by atoms with Crippen molar-refractivity contribution < 1.29 is 4.21 Å². The highest BCUT2D eigenvalue weighted by Gasteiger charge is 2.52. The summed E-state index contributed by atoms with van der Waals surface area (Å²) in [7, 11) is 5.62. The van der Waals surface area contributed by atoms with Crippen molar-refractivity contribution in [3.8, 4) is 0 Å². The topological polar surface area (TPSA) is 17.1 Å². The molecule has 0 aromatic heterocycles. The summed E-state index contributed by atoms with van der Waals surface area (Å²) in [6.45, 7) is 6.51. The van der Waals surface area contributed by atoms with Crippen LogP contribution in [-0.4, -0.2) is 4.21 Å². The fourth-order valence-electron chi connectivity index (χ4n) is 1.78. The molecule has 0 aliphatic carbocycles. The zero-order valence-electron chi connectivity index (χ0n) is 9.84. The summed E-state index contributed by atoms with van der Waals surface area (Å²) in [5.74, 6) is 0. The summed E-state index contributed by atoms with van der Waals surface area (Å²) in [5.41, 5.74) is 1.11. The average Bonchev–Trinajstić information content (AvgIpc) is 2.29. The van der Waals surface area contributed by atoms with E-state index in [1.807, 2.05) is 18.2 Å². The van der Waals surface area contributed by atoms with Crippen molar-refractivity contribution in [1.29, 1.82) is 0 Å². The molecule has 1 aromatic rings. The fraction of sp³-hybridized carbons (Fsp3) is 0.455. The van der Waals surface area contributed by atoms with Crippen molar-refractivity contribution in [1.82, 2.24) is 0 Å². The third-order valence-electron chi connectivity index (χ3n) is 2.64. The molecule has 0 radical (unpaired) electrons. The van der Waals surface area contributed by atoms with Gasteiger partial charge in [-0.1, -0.05) is 61.9 Å². The van der Waals surface area contributed by atoms with Gasteiger partial charge < -0.3 is 0 Å². The maximum Gasteiger partial charge on any atom is 0.142 e. The standard InChI is InChI=1S/C11H14OS5/c1-10(2,3)11(9-7-5-4-6-8-9)13-14-15-16-17(11)12/h4-8H,1-3H3. The molecule has 1 aliphatic heterocycles. The SMILES string of the molecule is CC(C)(C)C1(c2ccccc2)SSSSS1=O. The molecule has 0 bridgehead atoms. The van der Waals surface area contributed by atoms with Gasteiger partial charge in [0.2, 0.25) is 0 Å². The molecule has 0 spiro atoms. The Kier molecular flexibility index (Phi) is 4.51. The van der Waals surface area contributed by atoms with Crippen molar-refractivity contribution in [2.24, 2.45) is 5.41 Å². The van der Waals surface area contributed by atoms with E-state index in [2.05, 4.69) is 32.9 Å². The molecule has 1 saturated heterocycles. The lowest BCUT2D eigenvalue weighted by Crippen LogP contribution is -2.39. The summed E-state index contributed by atoms with van der Waals surface area (Å²) in [6.07, 6.45) is 0. The first-order chi connectivity index (χ1) is 7.98. The van der Waals surface area contributed by atoms with Gasteiger partial charge in [-0.05, 0) is 20.8 Å². The van der Waals surface area contributed by atoms with Gasteiger partial charge in [0, 0.05) is 19.7 Å². The van der Waals surface area contributed by atoms with E-state index in [-0.39, 0.29) is 9.49 Å². The first-order valence-electron chi connectivity index (χ1n) is 5.15. The maximum absolute atomic E-state index is 12.6. The van der Waals surface area contributed by atoms with Gasteiger partial charge in [0.15, 0.2) is 0 Å². The quantitative estimate of drug-likeness (QED) is 0.656. The number of hydrogen-bond acceptors (Lipinski definition) is 5. The van der Waals surface area contributed by atoms with E-state index < -0.39 is 9.83 Å². The molecule has 17 heavy (non-hydrogen) atoms. The monoisotopic (exact) mass is 322 g/mol. The fourth-order valence-corrected chi connectivity index (χ4v) is 16.5. The van der Waals surface area contributed by atoms with Crippen LogP contribution in [0.5, 0.6) is 0 Å². The van der Waals surface area contributed by atoms with E-state index >= 15 is 0 Å². The molecule has 1 heterocycles. The first-order valence-corrected chi connectivity index (χ1v) is 11.6. The van der Waals surface area contributed by atoms with Gasteiger partial charge >= 0.3 is 0 Å². The largest absolute Gasteiger partial charge is 0.245 e. The summed E-state index contributed by atoms with van der Waals surface area (Å²) >= 11 is 0. The van der Waals surface area contributed by atoms with Crippen LogP contribution in [0.2, 0.25) is 0 Å². The molecule has 0 N–H and O–H groups in total. The molecular weight excluding hydrogens is 308 g/mol. The Labute approximate surface area is 120 Å². The van der Waals surface area contributed by atoms with E-state index in [4.69, 9.17) is 0 Å². The van der Waals surface area contributed by atoms with Crippen LogP contribution in [0.3, 0.4) is 0 Å². The molecule has 0 saturated carbocycles. The van der Waals surface area contributed by atoms with Crippen molar-refractivity contribution in [2.45, 2.75) is 24.9 Å². The first kappa shape index (κ1) is 14.2. The molecule has 2 unspecified atom stereocenters. The van der Waals surface area contributed by atoms with Gasteiger partial charge in [0.05, 0.1) is 0 Å². The molecule has 6 heteroatoms. The Morgan fingerprint density at radius 3 is 2.29 bits per heavy atom. The number of hydrogen-bond donors (Lipinski definition) is 0. The van der Waals surface area contributed by atoms with Crippen LogP contribution in [0.4, 0.5) is 0 Å². The Morgan fingerprint density at radius 1 is 1.12 bits per heavy atom. The Balaban J connectivity index is 2.55. The second kappa shape index (κ2) is 5.41. The van der Waals surface area contributed by atoms with Gasteiger partial charge in [-0.15, -0.1) is 0 Å². The second-order valence-electron chi connectivity index (χ2n) is 4.75. The number of rotatable bonds is 1. The lowest BCUT2D eigenvalue weighted by molar-refractivity contribution is 0.369. The zero-order chi connectivity index (χ0) is 12.5. The van der Waals surface area contributed by atoms with Gasteiger partial charge in [0.25, 0.3) is 0 Å². The summed E-state index contributed by atoms with van der Waals surface area (Å²) in [4.78, 5) is 0. The molecule has 94 valence electrons. The van der Waals surface area contributed by atoms with Crippen LogP contribution in [0.25, 0.3) is 0 Å². The Morgan fingerprint density at radius 2 is 1.76 bits per heavy atom. The highest BCUT2D eigenvalue weighted by atomic mass is 33.8. The van der Waals surface area contributed by atoms with Crippen LogP contribution in [0.15, 0.2) is 30.3 Å². The second-order valence-corrected chi connectivity index (χ2v) is 13.6. The van der Waals surface area contributed by atoms with Crippen LogP contribution < -0.4 is 0 Å². The zero-order valence-corrected chi connectivity index (χ0v) is 13.9. The molecule has 1 aromatic carbocycles. The van der Waals surface area contributed by atoms with Crippen molar-refractivity contribution in [3.63, 3.8) is 0 Å². The lowest BCUT2D eigenvalue weighted by Gasteiger charge is -2.43. The highest BCUT2D eigenvalue weighted by molar-refractivity contribution is 9.37. The molecular formula is C11H14OS5. The number of benzene rings is 1. The van der Waals surface area contributed by atoms with E-state index in [9.17, 15) is 4.21 Å². The molecule has 1 nitrogen and oxygen atoms in total. The minimum Gasteiger partial charge on any atom is -0.245 e. The molecule has 2 rings (SSSR count). The molecule has 2 atom stereocenters. The smallest absolute Gasteiger partial charge is 0.142 e. The van der Waals surface area contributed by atoms with Crippen LogP contribution >= 0.6 is 40.3 Å². The van der Waals surface area contributed by atoms with Crippen LogP contribution in [0.1, 0.15) is 26.3 Å². The summed E-state index contributed by atoms with van der Waals surface area (Å²) < 4.78 is 12.2. The average molecular weight is 323 g/mol. The Hall–Kier alpha value is 0.770. The predicted octanol–water partition coefficient (Wildman–Crippen LogP) is 5.24. The van der Waals surface area contributed by atoms with E-state index in [0.717, 1.165) is 5.56 Å². The maximum atomic E-state index is 12.6. The third-order valence-corrected chi connectivity index (χ3v) is 14.8. The van der Waals surface area contributed by atoms with E-state index in [1.165, 1.54) is 9.83 Å². The van der Waals surface area contributed by atoms with Crippen molar-refractivity contribution in [3.05, 3.63) is 35.9 Å². The molecule has 1 aliphatic rings. The molecule has 0 amide bonds. The lowest BCUT2D eigenvalue weighted by atomic mass is 9.86. The van der Waals surface area contributed by atoms with Crippen molar-refractivity contribution >= 4 is 50.1 Å². The van der Waals surface area contributed by atoms with Gasteiger partial charge in [-0.25, -0.2) is 4.21 Å². The van der Waals surface area contributed by atoms with Gasteiger partial charge in [-0.2, -0.15) is 0 Å². The minimum atomic E-state index is -0.935. The summed E-state index contributed by atoms with van der Waals surface area (Å²) in [5, 5.41) is 0. The Bertz CT molecular complexity index is 414. The summed E-state index contributed by atoms with van der Waals surface area (Å²) in [6, 6.07) is 10.2. The predicted molar refractivity (Wildman–Crippen MR) is 86.1 cm³/mol. The van der Waals surface area contributed by atoms with Gasteiger partial charge in [0.1, 0.15) is 13.9 Å². The van der Waals surface area contributed by atoms with E-state index in [1.54, 1.807) is 30.4 Å². The van der Waals surface area contributed by atoms with Gasteiger partial charge in [-0.3, -0.25) is 0 Å². The third kappa shape index (κ3) is 2.56.